The van der Waals surface area contributed by atoms with Gasteiger partial charge in [0, 0.05) is 0 Å². The number of allylic oxidation sites excluding steroid dienone is 2. The Hall–Kier alpha value is -0.260. The fourth-order valence-electron chi connectivity index (χ4n) is 2.34. The molecule has 0 aromatic heterocycles. The van der Waals surface area contributed by atoms with Gasteiger partial charge in [-0.1, -0.05) is 38.3 Å². The lowest BCUT2D eigenvalue weighted by atomic mass is 9.91. The summed E-state index contributed by atoms with van der Waals surface area (Å²) in [5, 5.41) is 0. The molecule has 0 amide bonds. The van der Waals surface area contributed by atoms with E-state index in [-0.39, 0.29) is 0 Å². The van der Waals surface area contributed by atoms with Gasteiger partial charge in [-0.2, -0.15) is 0 Å². The Balaban J connectivity index is 2.54. The molecule has 0 heteroatoms. The highest BCUT2D eigenvalue weighted by molar-refractivity contribution is 5.15. The summed E-state index contributed by atoms with van der Waals surface area (Å²) in [5.74, 6) is 2.88. The van der Waals surface area contributed by atoms with E-state index in [1.807, 2.05) is 0 Å². The zero-order valence-corrected chi connectivity index (χ0v) is 9.85. The fraction of sp³-hybridized carbons (Fsp3) is 0.846. The van der Waals surface area contributed by atoms with Gasteiger partial charge in [-0.15, -0.1) is 0 Å². The standard InChI is InChI=1S/C13H24/c1-6-9(3)10(4)11(5)13-8-12(13)7-2/h11-13H,6-8H2,1-5H3. The van der Waals surface area contributed by atoms with Crippen molar-refractivity contribution in [3.8, 4) is 0 Å². The second-order valence-corrected chi connectivity index (χ2v) is 4.67. The summed E-state index contributed by atoms with van der Waals surface area (Å²) in [7, 11) is 0. The Morgan fingerprint density at radius 3 is 2.31 bits per heavy atom. The first-order valence-electron chi connectivity index (χ1n) is 5.78. The third-order valence-electron chi connectivity index (χ3n) is 4.03. The summed E-state index contributed by atoms with van der Waals surface area (Å²) in [6.07, 6.45) is 4.08. The van der Waals surface area contributed by atoms with Gasteiger partial charge in [-0.3, -0.25) is 0 Å². The molecular formula is C13H24. The van der Waals surface area contributed by atoms with Crippen molar-refractivity contribution in [1.29, 1.82) is 0 Å². The molecule has 0 heterocycles. The van der Waals surface area contributed by atoms with Crippen LogP contribution in [0.15, 0.2) is 11.1 Å². The van der Waals surface area contributed by atoms with Crippen molar-refractivity contribution in [2.45, 2.75) is 53.9 Å². The predicted octanol–water partition coefficient (Wildman–Crippen LogP) is 4.42. The van der Waals surface area contributed by atoms with Gasteiger partial charge in [-0.25, -0.2) is 0 Å². The van der Waals surface area contributed by atoms with Crippen LogP contribution in [-0.4, -0.2) is 0 Å². The first kappa shape index (κ1) is 10.8. The maximum absolute atomic E-state index is 2.41. The summed E-state index contributed by atoms with van der Waals surface area (Å²) in [5.41, 5.74) is 3.26. The average molecular weight is 180 g/mol. The van der Waals surface area contributed by atoms with Crippen molar-refractivity contribution in [1.82, 2.24) is 0 Å². The van der Waals surface area contributed by atoms with Gasteiger partial charge in [-0.05, 0) is 44.4 Å². The maximum Gasteiger partial charge on any atom is -0.0201 e. The summed E-state index contributed by atoms with van der Waals surface area (Å²) in [6, 6.07) is 0. The number of hydrogen-bond donors (Lipinski definition) is 0. The van der Waals surface area contributed by atoms with Gasteiger partial charge in [0.2, 0.25) is 0 Å². The Bertz CT molecular complexity index is 200. The highest BCUT2D eigenvalue weighted by Gasteiger charge is 2.39. The lowest BCUT2D eigenvalue weighted by Crippen LogP contribution is -2.03. The van der Waals surface area contributed by atoms with Crippen LogP contribution in [0.1, 0.15) is 53.9 Å². The van der Waals surface area contributed by atoms with E-state index in [0.29, 0.717) is 0 Å². The lowest BCUT2D eigenvalue weighted by Gasteiger charge is -2.15. The van der Waals surface area contributed by atoms with E-state index in [1.165, 1.54) is 19.3 Å². The average Bonchev–Trinajstić information content (AvgIpc) is 2.93. The van der Waals surface area contributed by atoms with Crippen LogP contribution in [0.3, 0.4) is 0 Å². The van der Waals surface area contributed by atoms with Gasteiger partial charge in [0.25, 0.3) is 0 Å². The molecule has 0 bridgehead atoms. The Labute approximate surface area is 83.4 Å². The molecule has 1 aliphatic carbocycles. The Kier molecular flexibility index (Phi) is 3.58. The molecular weight excluding hydrogens is 156 g/mol. The third-order valence-corrected chi connectivity index (χ3v) is 4.03. The van der Waals surface area contributed by atoms with Gasteiger partial charge in [0.05, 0.1) is 0 Å². The van der Waals surface area contributed by atoms with Gasteiger partial charge in [0.1, 0.15) is 0 Å². The minimum absolute atomic E-state index is 0.838. The monoisotopic (exact) mass is 180 g/mol. The van der Waals surface area contributed by atoms with E-state index in [2.05, 4.69) is 34.6 Å². The SMILES string of the molecule is CCC(C)=C(C)C(C)C1CC1CC. The maximum atomic E-state index is 2.41. The van der Waals surface area contributed by atoms with Crippen LogP contribution < -0.4 is 0 Å². The van der Waals surface area contributed by atoms with Crippen molar-refractivity contribution >= 4 is 0 Å². The molecule has 0 saturated heterocycles. The first-order valence-corrected chi connectivity index (χ1v) is 5.78. The number of hydrogen-bond acceptors (Lipinski definition) is 0. The molecule has 76 valence electrons. The highest BCUT2D eigenvalue weighted by Crippen LogP contribution is 2.48. The van der Waals surface area contributed by atoms with E-state index in [9.17, 15) is 0 Å². The second kappa shape index (κ2) is 4.30. The summed E-state index contributed by atoms with van der Waals surface area (Å²) in [4.78, 5) is 0. The van der Waals surface area contributed by atoms with E-state index < -0.39 is 0 Å². The molecule has 0 aromatic rings. The molecule has 0 spiro atoms. The molecule has 0 N–H and O–H groups in total. The molecule has 0 aliphatic heterocycles. The van der Waals surface area contributed by atoms with Crippen LogP contribution in [-0.2, 0) is 0 Å². The van der Waals surface area contributed by atoms with Gasteiger partial charge in [0.15, 0.2) is 0 Å². The first-order chi connectivity index (χ1) is 6.11. The molecule has 0 radical (unpaired) electrons. The van der Waals surface area contributed by atoms with Crippen molar-refractivity contribution in [2.24, 2.45) is 17.8 Å². The van der Waals surface area contributed by atoms with Crippen LogP contribution in [0.2, 0.25) is 0 Å². The second-order valence-electron chi connectivity index (χ2n) is 4.67. The van der Waals surface area contributed by atoms with E-state index in [4.69, 9.17) is 0 Å². The van der Waals surface area contributed by atoms with Crippen LogP contribution in [0, 0.1) is 17.8 Å². The lowest BCUT2D eigenvalue weighted by molar-refractivity contribution is 0.529. The molecule has 1 rings (SSSR count). The minimum Gasteiger partial charge on any atom is -0.0744 e. The van der Waals surface area contributed by atoms with E-state index in [0.717, 1.165) is 17.8 Å². The van der Waals surface area contributed by atoms with Gasteiger partial charge >= 0.3 is 0 Å². The van der Waals surface area contributed by atoms with Crippen molar-refractivity contribution in [3.63, 3.8) is 0 Å². The number of rotatable bonds is 4. The highest BCUT2D eigenvalue weighted by atomic mass is 14.4. The van der Waals surface area contributed by atoms with Crippen molar-refractivity contribution < 1.29 is 0 Å². The molecule has 1 aliphatic rings. The smallest absolute Gasteiger partial charge is 0.0201 e. The Morgan fingerprint density at radius 1 is 1.31 bits per heavy atom. The summed E-state index contributed by atoms with van der Waals surface area (Å²) < 4.78 is 0. The topological polar surface area (TPSA) is 0 Å². The molecule has 0 nitrogen and oxygen atoms in total. The largest absolute Gasteiger partial charge is 0.0744 e. The molecule has 1 saturated carbocycles. The Morgan fingerprint density at radius 2 is 1.92 bits per heavy atom. The summed E-state index contributed by atoms with van der Waals surface area (Å²) >= 11 is 0. The minimum atomic E-state index is 0.838. The van der Waals surface area contributed by atoms with Gasteiger partial charge < -0.3 is 0 Å². The third kappa shape index (κ3) is 2.36. The van der Waals surface area contributed by atoms with E-state index in [1.54, 1.807) is 11.1 Å². The van der Waals surface area contributed by atoms with Crippen LogP contribution in [0.5, 0.6) is 0 Å². The summed E-state index contributed by atoms with van der Waals surface area (Å²) in [6.45, 7) is 11.6. The molecule has 1 fully saturated rings. The van der Waals surface area contributed by atoms with Crippen LogP contribution in [0.25, 0.3) is 0 Å². The molecule has 3 atom stereocenters. The predicted molar refractivity (Wildman–Crippen MR) is 59.7 cm³/mol. The molecule has 13 heavy (non-hydrogen) atoms. The van der Waals surface area contributed by atoms with E-state index >= 15 is 0 Å². The quantitative estimate of drug-likeness (QED) is 0.562. The zero-order chi connectivity index (χ0) is 10.0. The zero-order valence-electron chi connectivity index (χ0n) is 9.85. The normalized spacial score (nSPS) is 31.2. The van der Waals surface area contributed by atoms with Crippen LogP contribution in [0.4, 0.5) is 0 Å². The molecule has 3 unspecified atom stereocenters. The molecule has 0 aromatic carbocycles. The van der Waals surface area contributed by atoms with Crippen LogP contribution >= 0.6 is 0 Å². The fourth-order valence-corrected chi connectivity index (χ4v) is 2.34. The van der Waals surface area contributed by atoms with Crippen molar-refractivity contribution in [3.05, 3.63) is 11.1 Å². The van der Waals surface area contributed by atoms with Crippen molar-refractivity contribution in [2.75, 3.05) is 0 Å².